The smallest absolute Gasteiger partial charge is 0.306 e. The predicted octanol–water partition coefficient (Wildman–Crippen LogP) is 13.2. The number of ether oxygens (including phenoxy) is 1. The number of hydrogen-bond acceptors (Lipinski definition) is 3. The van der Waals surface area contributed by atoms with E-state index in [1.807, 2.05) is 0 Å². The third-order valence-electron chi connectivity index (χ3n) is 16.8. The Morgan fingerprint density at radius 3 is 1.94 bits per heavy atom. The highest BCUT2D eigenvalue weighted by Crippen LogP contribution is 2.75. The van der Waals surface area contributed by atoms with Crippen molar-refractivity contribution in [2.24, 2.45) is 50.2 Å². The van der Waals surface area contributed by atoms with Gasteiger partial charge in [0.1, 0.15) is 6.10 Å². The summed E-state index contributed by atoms with van der Waals surface area (Å²) in [5.41, 5.74) is 2.93. The molecule has 49 heavy (non-hydrogen) atoms. The van der Waals surface area contributed by atoms with E-state index in [0.717, 1.165) is 19.3 Å². The molecule has 282 valence electrons. The normalized spacial score (nSPS) is 39.2. The number of unbranched alkanes of at least 4 members (excludes halogenated alkanes) is 12. The molecule has 8 atom stereocenters. The molecule has 0 aromatic heterocycles. The van der Waals surface area contributed by atoms with Crippen molar-refractivity contribution in [3.63, 3.8) is 0 Å². The van der Waals surface area contributed by atoms with Gasteiger partial charge in [0, 0.05) is 23.9 Å². The van der Waals surface area contributed by atoms with Crippen molar-refractivity contribution in [1.29, 1.82) is 0 Å². The predicted molar refractivity (Wildman–Crippen MR) is 206 cm³/mol. The molecular formula is C46H80O3. The summed E-state index contributed by atoms with van der Waals surface area (Å²) in [7, 11) is 0. The van der Waals surface area contributed by atoms with Gasteiger partial charge in [0.05, 0.1) is 0 Å². The molecule has 0 amide bonds. The van der Waals surface area contributed by atoms with Crippen LogP contribution in [0.4, 0.5) is 0 Å². The largest absolute Gasteiger partial charge is 0.462 e. The zero-order valence-electron chi connectivity index (χ0n) is 33.8. The lowest BCUT2D eigenvalue weighted by Crippen LogP contribution is -2.65. The first-order chi connectivity index (χ1) is 23.2. The summed E-state index contributed by atoms with van der Waals surface area (Å²) in [6.45, 7) is 20.4. The molecule has 5 aliphatic rings. The zero-order valence-corrected chi connectivity index (χ0v) is 33.8. The molecule has 5 aliphatic carbocycles. The SMILES string of the molecule is CCCCCCCCCCCCCCCC(=O)OC1CC[C@@]2(C)[C@H](CC[C@]3(C)[C@H]2CC=C2[C@H]4CC(C)(C)CC[C@]4(CO)CC[C@]23C)C1(C)C. The van der Waals surface area contributed by atoms with Crippen LogP contribution in [0.1, 0.15) is 209 Å². The first-order valence-electron chi connectivity index (χ1n) is 21.7. The van der Waals surface area contributed by atoms with Gasteiger partial charge in [-0.05, 0) is 110 Å². The summed E-state index contributed by atoms with van der Waals surface area (Å²) < 4.78 is 6.40. The fraction of sp³-hybridized carbons (Fsp3) is 0.935. The quantitative estimate of drug-likeness (QED) is 0.100. The van der Waals surface area contributed by atoms with Crippen LogP contribution in [0.25, 0.3) is 0 Å². The molecule has 0 saturated heterocycles. The molecule has 3 nitrogen and oxygen atoms in total. The summed E-state index contributed by atoms with van der Waals surface area (Å²) in [4.78, 5) is 13.2. The minimum atomic E-state index is -0.00309. The van der Waals surface area contributed by atoms with Crippen molar-refractivity contribution < 1.29 is 14.6 Å². The monoisotopic (exact) mass is 681 g/mol. The Morgan fingerprint density at radius 2 is 1.33 bits per heavy atom. The molecule has 0 bridgehead atoms. The zero-order chi connectivity index (χ0) is 35.6. The fourth-order valence-electron chi connectivity index (χ4n) is 13.3. The standard InChI is InChI=1S/C46H80O3/c1-9-10-11-12-13-14-15-16-17-18-19-20-21-22-40(48)49-39-26-27-43(6)37(42(39,4)5)25-28-45(8)38(43)24-23-35-36-33-41(2,3)29-31-46(36,34-47)32-30-44(35,45)7/h23,36-39,47H,9-22,24-34H2,1-8H3/t36-,37-,38+,39?,43+,44-,45-,46-/m1/s1. The number of fused-ring (bicyclic) bond motifs is 7. The molecule has 3 heteroatoms. The number of esters is 1. The van der Waals surface area contributed by atoms with Crippen LogP contribution in [0.5, 0.6) is 0 Å². The van der Waals surface area contributed by atoms with Crippen LogP contribution >= 0.6 is 0 Å². The maximum Gasteiger partial charge on any atom is 0.306 e. The van der Waals surface area contributed by atoms with Gasteiger partial charge in [-0.1, -0.05) is 144 Å². The van der Waals surface area contributed by atoms with Gasteiger partial charge in [0.2, 0.25) is 0 Å². The molecule has 0 aromatic rings. The lowest BCUT2D eigenvalue weighted by Gasteiger charge is -2.71. The van der Waals surface area contributed by atoms with Crippen LogP contribution in [0.2, 0.25) is 0 Å². The fourth-order valence-corrected chi connectivity index (χ4v) is 13.3. The highest BCUT2D eigenvalue weighted by atomic mass is 16.5. The summed E-state index contributed by atoms with van der Waals surface area (Å²) in [5.74, 6) is 1.82. The first-order valence-corrected chi connectivity index (χ1v) is 21.7. The molecule has 0 spiro atoms. The lowest BCUT2D eigenvalue weighted by molar-refractivity contribution is -0.213. The van der Waals surface area contributed by atoms with Gasteiger partial charge >= 0.3 is 5.97 Å². The van der Waals surface area contributed by atoms with E-state index in [0.29, 0.717) is 36.2 Å². The summed E-state index contributed by atoms with van der Waals surface area (Å²) >= 11 is 0. The third kappa shape index (κ3) is 7.65. The number of aliphatic hydroxyl groups excluding tert-OH is 1. The average molecular weight is 681 g/mol. The van der Waals surface area contributed by atoms with Crippen molar-refractivity contribution in [2.45, 2.75) is 216 Å². The Bertz CT molecular complexity index is 1140. The van der Waals surface area contributed by atoms with Crippen molar-refractivity contribution in [1.82, 2.24) is 0 Å². The van der Waals surface area contributed by atoms with Crippen LogP contribution in [-0.4, -0.2) is 23.8 Å². The van der Waals surface area contributed by atoms with E-state index in [1.165, 1.54) is 128 Å². The number of hydrogen-bond donors (Lipinski definition) is 1. The van der Waals surface area contributed by atoms with Crippen molar-refractivity contribution in [3.8, 4) is 0 Å². The Kier molecular flexibility index (Phi) is 12.6. The average Bonchev–Trinajstić information content (AvgIpc) is 3.05. The highest BCUT2D eigenvalue weighted by Gasteiger charge is 2.68. The molecule has 1 N–H and O–H groups in total. The number of aliphatic hydroxyl groups is 1. The van der Waals surface area contributed by atoms with Crippen LogP contribution in [-0.2, 0) is 9.53 Å². The van der Waals surface area contributed by atoms with Gasteiger partial charge in [-0.3, -0.25) is 4.79 Å². The van der Waals surface area contributed by atoms with Gasteiger partial charge in [0.25, 0.3) is 0 Å². The van der Waals surface area contributed by atoms with Crippen molar-refractivity contribution >= 4 is 5.97 Å². The van der Waals surface area contributed by atoms with E-state index in [9.17, 15) is 9.90 Å². The molecule has 0 heterocycles. The molecule has 0 radical (unpaired) electrons. The van der Waals surface area contributed by atoms with Crippen LogP contribution in [0.15, 0.2) is 11.6 Å². The van der Waals surface area contributed by atoms with Gasteiger partial charge in [-0.15, -0.1) is 0 Å². The molecule has 1 unspecified atom stereocenters. The van der Waals surface area contributed by atoms with E-state index < -0.39 is 0 Å². The van der Waals surface area contributed by atoms with E-state index >= 15 is 0 Å². The maximum atomic E-state index is 13.2. The first kappa shape index (κ1) is 39.4. The second-order valence-corrected chi connectivity index (χ2v) is 20.6. The lowest BCUT2D eigenvalue weighted by atomic mass is 9.33. The van der Waals surface area contributed by atoms with Crippen molar-refractivity contribution in [2.75, 3.05) is 6.61 Å². The number of rotatable bonds is 16. The van der Waals surface area contributed by atoms with Gasteiger partial charge in [0.15, 0.2) is 0 Å². The summed E-state index contributed by atoms with van der Waals surface area (Å²) in [5, 5.41) is 10.8. The van der Waals surface area contributed by atoms with Crippen LogP contribution in [0, 0.1) is 50.2 Å². The second-order valence-electron chi connectivity index (χ2n) is 20.6. The maximum absolute atomic E-state index is 13.2. The summed E-state index contributed by atoms with van der Waals surface area (Å²) in [6, 6.07) is 0. The minimum absolute atomic E-state index is 0.00309. The van der Waals surface area contributed by atoms with Crippen LogP contribution in [0.3, 0.4) is 0 Å². The van der Waals surface area contributed by atoms with Gasteiger partial charge in [-0.25, -0.2) is 0 Å². The van der Waals surface area contributed by atoms with Crippen LogP contribution < -0.4 is 0 Å². The summed E-state index contributed by atoms with van der Waals surface area (Å²) in [6.07, 6.45) is 32.6. The number of carbonyl (C=O) groups is 1. The Morgan fingerprint density at radius 1 is 0.735 bits per heavy atom. The molecule has 4 fully saturated rings. The highest BCUT2D eigenvalue weighted by molar-refractivity contribution is 5.69. The Labute approximate surface area is 304 Å². The molecule has 0 aliphatic heterocycles. The van der Waals surface area contributed by atoms with Gasteiger partial charge < -0.3 is 9.84 Å². The number of allylic oxidation sites excluding steroid dienone is 2. The Hall–Kier alpha value is -0.830. The Balaban J connectivity index is 1.13. The third-order valence-corrected chi connectivity index (χ3v) is 16.8. The molecule has 0 aromatic carbocycles. The number of carbonyl (C=O) groups excluding carboxylic acids is 1. The topological polar surface area (TPSA) is 46.5 Å². The van der Waals surface area contributed by atoms with E-state index in [2.05, 4.69) is 61.5 Å². The molecular weight excluding hydrogens is 601 g/mol. The van der Waals surface area contributed by atoms with E-state index in [-0.39, 0.29) is 39.1 Å². The molecule has 5 rings (SSSR count). The second kappa shape index (κ2) is 15.6. The van der Waals surface area contributed by atoms with E-state index in [1.54, 1.807) is 5.57 Å². The minimum Gasteiger partial charge on any atom is -0.462 e. The van der Waals surface area contributed by atoms with Crippen molar-refractivity contribution in [3.05, 3.63) is 11.6 Å². The van der Waals surface area contributed by atoms with Gasteiger partial charge in [-0.2, -0.15) is 0 Å². The molecule has 4 saturated carbocycles. The van der Waals surface area contributed by atoms with E-state index in [4.69, 9.17) is 4.74 Å².